The van der Waals surface area contributed by atoms with Gasteiger partial charge in [-0.05, 0) is 38.0 Å². The van der Waals surface area contributed by atoms with Gasteiger partial charge in [-0.2, -0.15) is 0 Å². The lowest BCUT2D eigenvalue weighted by atomic mass is 9.89. The first-order valence-corrected chi connectivity index (χ1v) is 7.70. The van der Waals surface area contributed by atoms with Gasteiger partial charge < -0.3 is 10.0 Å². The van der Waals surface area contributed by atoms with Gasteiger partial charge in [0.05, 0.1) is 11.8 Å². The lowest BCUT2D eigenvalue weighted by Crippen LogP contribution is -2.39. The minimum Gasteiger partial charge on any atom is -0.481 e. The van der Waals surface area contributed by atoms with E-state index < -0.39 is 11.9 Å². The van der Waals surface area contributed by atoms with Crippen LogP contribution in [-0.4, -0.2) is 34.5 Å². The molecule has 0 radical (unpaired) electrons. The summed E-state index contributed by atoms with van der Waals surface area (Å²) in [5, 5.41) is 8.96. The van der Waals surface area contributed by atoms with Crippen LogP contribution in [0.4, 0.5) is 0 Å². The number of rotatable bonds is 5. The van der Waals surface area contributed by atoms with Gasteiger partial charge in [0.15, 0.2) is 0 Å². The van der Waals surface area contributed by atoms with Crippen LogP contribution in [-0.2, 0) is 9.59 Å². The monoisotopic (exact) mass is 265 g/mol. The number of hydrogen-bond acceptors (Lipinski definition) is 2. The van der Waals surface area contributed by atoms with E-state index >= 15 is 0 Å². The Morgan fingerprint density at radius 3 is 2.21 bits per heavy atom. The maximum Gasteiger partial charge on any atom is 0.307 e. The van der Waals surface area contributed by atoms with Crippen LogP contribution in [0.2, 0.25) is 0 Å². The summed E-state index contributed by atoms with van der Waals surface area (Å²) in [5.41, 5.74) is 0. The smallest absolute Gasteiger partial charge is 0.307 e. The summed E-state index contributed by atoms with van der Waals surface area (Å²) in [5.74, 6) is -0.644. The highest BCUT2D eigenvalue weighted by Gasteiger charge is 2.51. The van der Waals surface area contributed by atoms with E-state index in [2.05, 4.69) is 0 Å². The molecular formula is C15H23NO3. The predicted molar refractivity (Wildman–Crippen MR) is 70.5 cm³/mol. The molecule has 0 spiro atoms. The fourth-order valence-corrected chi connectivity index (χ4v) is 3.41. The zero-order valence-corrected chi connectivity index (χ0v) is 11.4. The Morgan fingerprint density at radius 1 is 1.00 bits per heavy atom. The molecule has 0 aliphatic heterocycles. The average molecular weight is 265 g/mol. The fraction of sp³-hybridized carbons (Fsp3) is 0.867. The van der Waals surface area contributed by atoms with Crippen LogP contribution < -0.4 is 0 Å². The van der Waals surface area contributed by atoms with Crippen molar-refractivity contribution in [2.45, 2.75) is 57.4 Å². The van der Waals surface area contributed by atoms with Gasteiger partial charge in [0.1, 0.15) is 0 Å². The van der Waals surface area contributed by atoms with Crippen molar-refractivity contribution in [2.75, 3.05) is 6.54 Å². The SMILES string of the molecule is O=C(O)C1CC1C(=O)N(CC1CCCCC1)C1CC1. The molecular weight excluding hydrogens is 242 g/mol. The molecule has 1 amide bonds. The van der Waals surface area contributed by atoms with Crippen molar-refractivity contribution >= 4 is 11.9 Å². The van der Waals surface area contributed by atoms with E-state index in [1.807, 2.05) is 4.90 Å². The number of nitrogens with zero attached hydrogens (tertiary/aromatic N) is 1. The Bertz CT molecular complexity index is 372. The molecule has 106 valence electrons. The van der Waals surface area contributed by atoms with E-state index in [1.165, 1.54) is 32.1 Å². The van der Waals surface area contributed by atoms with Gasteiger partial charge in [0.25, 0.3) is 0 Å². The van der Waals surface area contributed by atoms with E-state index in [1.54, 1.807) is 0 Å². The van der Waals surface area contributed by atoms with Crippen molar-refractivity contribution in [2.24, 2.45) is 17.8 Å². The summed E-state index contributed by atoms with van der Waals surface area (Å²) in [6, 6.07) is 0.421. The molecule has 1 N–H and O–H groups in total. The summed E-state index contributed by atoms with van der Waals surface area (Å²) < 4.78 is 0. The number of hydrogen-bond donors (Lipinski definition) is 1. The Kier molecular flexibility index (Phi) is 3.50. The van der Waals surface area contributed by atoms with Crippen molar-refractivity contribution in [3.05, 3.63) is 0 Å². The molecule has 2 atom stereocenters. The Balaban J connectivity index is 1.58. The predicted octanol–water partition coefficient (Wildman–Crippen LogP) is 2.28. The molecule has 3 rings (SSSR count). The third-order valence-electron chi connectivity index (χ3n) is 4.88. The molecule has 3 saturated carbocycles. The zero-order chi connectivity index (χ0) is 13.4. The molecule has 0 aromatic carbocycles. The molecule has 0 aromatic heterocycles. The van der Waals surface area contributed by atoms with E-state index in [9.17, 15) is 9.59 Å². The normalized spacial score (nSPS) is 30.9. The number of carboxylic acid groups (broad SMARTS) is 1. The van der Waals surface area contributed by atoms with Gasteiger partial charge in [-0.1, -0.05) is 19.3 Å². The summed E-state index contributed by atoms with van der Waals surface area (Å²) >= 11 is 0. The molecule has 0 saturated heterocycles. The van der Waals surface area contributed by atoms with E-state index in [0.29, 0.717) is 18.4 Å². The van der Waals surface area contributed by atoms with Gasteiger partial charge in [0.2, 0.25) is 5.91 Å². The zero-order valence-electron chi connectivity index (χ0n) is 11.4. The van der Waals surface area contributed by atoms with Gasteiger partial charge in [-0.25, -0.2) is 0 Å². The van der Waals surface area contributed by atoms with E-state index in [-0.39, 0.29) is 11.8 Å². The summed E-state index contributed by atoms with van der Waals surface area (Å²) in [6.45, 7) is 0.881. The summed E-state index contributed by atoms with van der Waals surface area (Å²) in [6.07, 6.45) is 9.18. The van der Waals surface area contributed by atoms with Crippen LogP contribution in [0.1, 0.15) is 51.4 Å². The lowest BCUT2D eigenvalue weighted by Gasteiger charge is -2.30. The molecule has 0 aromatic rings. The molecule has 2 unspecified atom stereocenters. The lowest BCUT2D eigenvalue weighted by molar-refractivity contribution is -0.142. The maximum absolute atomic E-state index is 12.4. The highest BCUT2D eigenvalue weighted by Crippen LogP contribution is 2.43. The van der Waals surface area contributed by atoms with Crippen LogP contribution in [0.5, 0.6) is 0 Å². The van der Waals surface area contributed by atoms with Crippen LogP contribution >= 0.6 is 0 Å². The summed E-state index contributed by atoms with van der Waals surface area (Å²) in [7, 11) is 0. The Morgan fingerprint density at radius 2 is 1.68 bits per heavy atom. The molecule has 0 heterocycles. The first-order valence-electron chi connectivity index (χ1n) is 7.70. The van der Waals surface area contributed by atoms with Crippen molar-refractivity contribution < 1.29 is 14.7 Å². The minimum atomic E-state index is -0.799. The van der Waals surface area contributed by atoms with Crippen LogP contribution in [0.3, 0.4) is 0 Å². The largest absolute Gasteiger partial charge is 0.481 e. The molecule has 4 heteroatoms. The first-order chi connectivity index (χ1) is 9.16. The molecule has 4 nitrogen and oxygen atoms in total. The second-order valence-corrected chi connectivity index (χ2v) is 6.51. The Hall–Kier alpha value is -1.06. The molecule has 3 aliphatic carbocycles. The molecule has 19 heavy (non-hydrogen) atoms. The quantitative estimate of drug-likeness (QED) is 0.829. The average Bonchev–Trinajstić information content (AvgIpc) is 3.29. The maximum atomic E-state index is 12.4. The van der Waals surface area contributed by atoms with Gasteiger partial charge in [-0.15, -0.1) is 0 Å². The standard InChI is InChI=1S/C15H23NO3/c17-14(12-8-13(12)15(18)19)16(11-6-7-11)9-10-4-2-1-3-5-10/h10-13H,1-9H2,(H,18,19). The van der Waals surface area contributed by atoms with Crippen molar-refractivity contribution in [3.63, 3.8) is 0 Å². The van der Waals surface area contributed by atoms with E-state index in [0.717, 1.165) is 19.4 Å². The Labute approximate surface area is 114 Å². The number of amides is 1. The van der Waals surface area contributed by atoms with Gasteiger partial charge in [0, 0.05) is 12.6 Å². The highest BCUT2D eigenvalue weighted by atomic mass is 16.4. The third-order valence-corrected chi connectivity index (χ3v) is 4.88. The highest BCUT2D eigenvalue weighted by molar-refractivity contribution is 5.89. The molecule has 3 fully saturated rings. The van der Waals surface area contributed by atoms with Crippen molar-refractivity contribution in [1.29, 1.82) is 0 Å². The van der Waals surface area contributed by atoms with Gasteiger partial charge >= 0.3 is 5.97 Å². The van der Waals surface area contributed by atoms with Crippen LogP contribution in [0.25, 0.3) is 0 Å². The summed E-state index contributed by atoms with van der Waals surface area (Å²) in [4.78, 5) is 25.4. The minimum absolute atomic E-state index is 0.125. The fourth-order valence-electron chi connectivity index (χ4n) is 3.41. The van der Waals surface area contributed by atoms with Crippen LogP contribution in [0.15, 0.2) is 0 Å². The molecule has 3 aliphatic rings. The van der Waals surface area contributed by atoms with Gasteiger partial charge in [-0.3, -0.25) is 9.59 Å². The van der Waals surface area contributed by atoms with Crippen LogP contribution in [0, 0.1) is 17.8 Å². The second-order valence-electron chi connectivity index (χ2n) is 6.51. The topological polar surface area (TPSA) is 57.6 Å². The second kappa shape index (κ2) is 5.14. The number of carbonyl (C=O) groups is 2. The van der Waals surface area contributed by atoms with E-state index in [4.69, 9.17) is 5.11 Å². The third kappa shape index (κ3) is 2.93. The number of carboxylic acids is 1. The van der Waals surface area contributed by atoms with Crippen molar-refractivity contribution in [1.82, 2.24) is 4.90 Å². The van der Waals surface area contributed by atoms with Crippen molar-refractivity contribution in [3.8, 4) is 0 Å². The first kappa shape index (κ1) is 12.9. The number of carbonyl (C=O) groups excluding carboxylic acids is 1. The molecule has 0 bridgehead atoms. The number of aliphatic carboxylic acids is 1.